The molecule has 84 valence electrons. The van der Waals surface area contributed by atoms with Gasteiger partial charge in [-0.1, -0.05) is 23.5 Å². The van der Waals surface area contributed by atoms with Crippen molar-refractivity contribution in [3.8, 4) is 0 Å². The average molecular weight is 248 g/mol. The summed E-state index contributed by atoms with van der Waals surface area (Å²) in [6.45, 7) is 2.21. The second-order valence-electron chi connectivity index (χ2n) is 2.66. The highest BCUT2D eigenvalue weighted by molar-refractivity contribution is 7.91. The fourth-order valence-corrected chi connectivity index (χ4v) is 2.71. The third kappa shape index (κ3) is 3.57. The van der Waals surface area contributed by atoms with Gasteiger partial charge in [-0.2, -0.15) is 0 Å². The number of nitrogens with two attached hydrogens (primary N) is 1. The Labute approximate surface area is 92.3 Å². The highest BCUT2D eigenvalue weighted by Gasteiger charge is 2.18. The van der Waals surface area contributed by atoms with E-state index in [0.717, 1.165) is 11.3 Å². The Morgan fingerprint density at radius 3 is 2.80 bits per heavy atom. The van der Waals surface area contributed by atoms with Crippen molar-refractivity contribution in [2.45, 2.75) is 17.7 Å². The van der Waals surface area contributed by atoms with Gasteiger partial charge in [-0.3, -0.25) is 0 Å². The zero-order chi connectivity index (χ0) is 11.3. The Balaban J connectivity index is 2.60. The molecule has 15 heavy (non-hydrogen) atoms. The van der Waals surface area contributed by atoms with Crippen LogP contribution in [0.25, 0.3) is 0 Å². The maximum atomic E-state index is 11.5. The minimum Gasteiger partial charge on any atom is -0.374 e. The van der Waals surface area contributed by atoms with Crippen LogP contribution < -0.4 is 10.5 Å². The predicted molar refractivity (Wildman–Crippen MR) is 58.9 cm³/mol. The summed E-state index contributed by atoms with van der Waals surface area (Å²) in [6, 6.07) is 0. The minimum atomic E-state index is -3.54. The van der Waals surface area contributed by atoms with E-state index >= 15 is 0 Å². The molecule has 0 aliphatic heterocycles. The zero-order valence-corrected chi connectivity index (χ0v) is 9.81. The van der Waals surface area contributed by atoms with Gasteiger partial charge >= 0.3 is 0 Å². The van der Waals surface area contributed by atoms with E-state index in [1.54, 1.807) is 0 Å². The van der Waals surface area contributed by atoms with Gasteiger partial charge < -0.3 is 5.73 Å². The smallest absolute Gasteiger partial charge is 0.269 e. The molecule has 1 rings (SSSR count). The summed E-state index contributed by atoms with van der Waals surface area (Å²) in [5.41, 5.74) is 5.29. The summed E-state index contributed by atoms with van der Waals surface area (Å²) in [5, 5.41) is 7.04. The Morgan fingerprint density at radius 1 is 1.53 bits per heavy atom. The van der Waals surface area contributed by atoms with Crippen molar-refractivity contribution in [2.75, 3.05) is 12.3 Å². The maximum Gasteiger partial charge on any atom is 0.269 e. The molecule has 0 spiro atoms. The summed E-state index contributed by atoms with van der Waals surface area (Å²) in [4.78, 5) is 0. The maximum absolute atomic E-state index is 11.5. The van der Waals surface area contributed by atoms with Gasteiger partial charge in [0.15, 0.2) is 0 Å². The van der Waals surface area contributed by atoms with Crippen LogP contribution in [0.15, 0.2) is 16.5 Å². The van der Waals surface area contributed by atoms with Gasteiger partial charge in [0.25, 0.3) is 10.0 Å². The highest BCUT2D eigenvalue weighted by atomic mass is 32.2. The minimum absolute atomic E-state index is 0.0968. The number of anilines is 1. The molecule has 0 saturated carbocycles. The predicted octanol–water partition coefficient (Wildman–Crippen LogP) is 0.365. The second kappa shape index (κ2) is 5.19. The largest absolute Gasteiger partial charge is 0.374 e. The van der Waals surface area contributed by atoms with Crippen LogP contribution in [-0.4, -0.2) is 25.2 Å². The van der Waals surface area contributed by atoms with E-state index in [9.17, 15) is 8.42 Å². The molecule has 0 fully saturated rings. The Hall–Kier alpha value is -0.990. The van der Waals surface area contributed by atoms with Crippen LogP contribution in [0, 0.1) is 0 Å². The van der Waals surface area contributed by atoms with Crippen LogP contribution >= 0.6 is 11.3 Å². The summed E-state index contributed by atoms with van der Waals surface area (Å²) < 4.78 is 25.4. The summed E-state index contributed by atoms with van der Waals surface area (Å²) >= 11 is 0.846. The topological polar surface area (TPSA) is 98.0 Å². The average Bonchev–Trinajstić information content (AvgIpc) is 2.60. The number of allylic oxidation sites excluding steroid dienone is 1. The molecule has 0 aromatic carbocycles. The van der Waals surface area contributed by atoms with Gasteiger partial charge in [-0.05, 0) is 13.3 Å². The van der Waals surface area contributed by atoms with E-state index < -0.39 is 10.0 Å². The first-order valence-corrected chi connectivity index (χ1v) is 6.56. The van der Waals surface area contributed by atoms with Gasteiger partial charge in [0.2, 0.25) is 9.47 Å². The number of nitrogens with one attached hydrogen (secondary N) is 1. The molecule has 8 heteroatoms. The lowest BCUT2D eigenvalue weighted by molar-refractivity contribution is 0.580. The normalized spacial score (nSPS) is 12.3. The van der Waals surface area contributed by atoms with E-state index in [-0.39, 0.29) is 9.47 Å². The van der Waals surface area contributed by atoms with Gasteiger partial charge in [0.05, 0.1) is 0 Å². The Bertz CT molecular complexity index is 438. The van der Waals surface area contributed by atoms with Gasteiger partial charge in [0, 0.05) is 6.54 Å². The molecule has 3 N–H and O–H groups in total. The molecule has 0 aliphatic carbocycles. The molecule has 0 bridgehead atoms. The van der Waals surface area contributed by atoms with Crippen molar-refractivity contribution in [3.05, 3.63) is 12.2 Å². The number of nitrogen functional groups attached to an aromatic ring is 1. The molecule has 1 aromatic heterocycles. The van der Waals surface area contributed by atoms with Crippen molar-refractivity contribution >= 4 is 26.5 Å². The van der Waals surface area contributed by atoms with Crippen molar-refractivity contribution < 1.29 is 8.42 Å². The summed E-state index contributed by atoms with van der Waals surface area (Å²) in [5.74, 6) is 0. The number of hydrogen-bond acceptors (Lipinski definition) is 6. The van der Waals surface area contributed by atoms with Crippen LogP contribution in [0.1, 0.15) is 13.3 Å². The van der Waals surface area contributed by atoms with E-state index in [1.165, 1.54) is 0 Å². The van der Waals surface area contributed by atoms with Gasteiger partial charge in [-0.25, -0.2) is 13.1 Å². The molecule has 0 amide bonds. The fraction of sp³-hybridized carbons (Fsp3) is 0.429. The number of sulfonamides is 1. The Morgan fingerprint density at radius 2 is 2.27 bits per heavy atom. The van der Waals surface area contributed by atoms with Crippen molar-refractivity contribution in [1.82, 2.24) is 14.9 Å². The number of nitrogens with zero attached hydrogens (tertiary/aromatic N) is 2. The summed E-state index contributed by atoms with van der Waals surface area (Å²) in [6.07, 6.45) is 4.37. The van der Waals surface area contributed by atoms with E-state index in [1.807, 2.05) is 19.1 Å². The second-order valence-corrected chi connectivity index (χ2v) is 5.61. The number of hydrogen-bond donors (Lipinski definition) is 2. The Kier molecular flexibility index (Phi) is 4.18. The van der Waals surface area contributed by atoms with Crippen molar-refractivity contribution in [3.63, 3.8) is 0 Å². The van der Waals surface area contributed by atoms with E-state index in [0.29, 0.717) is 13.0 Å². The van der Waals surface area contributed by atoms with Crippen LogP contribution in [0.3, 0.4) is 0 Å². The monoisotopic (exact) mass is 248 g/mol. The molecule has 0 saturated heterocycles. The lowest BCUT2D eigenvalue weighted by atomic mass is 10.4. The number of aromatic nitrogens is 2. The fourth-order valence-electron chi connectivity index (χ4n) is 0.834. The van der Waals surface area contributed by atoms with Crippen LogP contribution in [0.4, 0.5) is 5.13 Å². The lowest BCUT2D eigenvalue weighted by Gasteiger charge is -1.99. The molecular formula is C7H12N4O2S2. The zero-order valence-electron chi connectivity index (χ0n) is 8.17. The first kappa shape index (κ1) is 12.1. The first-order valence-electron chi connectivity index (χ1n) is 4.26. The van der Waals surface area contributed by atoms with Gasteiger partial charge in [-0.15, -0.1) is 10.2 Å². The van der Waals surface area contributed by atoms with Crippen LogP contribution in [0.5, 0.6) is 0 Å². The molecule has 6 nitrogen and oxygen atoms in total. The van der Waals surface area contributed by atoms with E-state index in [4.69, 9.17) is 5.73 Å². The van der Waals surface area contributed by atoms with Crippen molar-refractivity contribution in [1.29, 1.82) is 0 Å². The first-order chi connectivity index (χ1) is 7.06. The van der Waals surface area contributed by atoms with Gasteiger partial charge in [0.1, 0.15) is 0 Å². The summed E-state index contributed by atoms with van der Waals surface area (Å²) in [7, 11) is -3.54. The highest BCUT2D eigenvalue weighted by Crippen LogP contribution is 2.16. The van der Waals surface area contributed by atoms with E-state index in [2.05, 4.69) is 14.9 Å². The molecule has 0 radical (unpaired) electrons. The standard InChI is InChI=1S/C7H12N4O2S2/c1-2-3-4-5-9-15(12,13)7-11-10-6(8)14-7/h2-3,9H,4-5H2,1H3,(H2,8,10)/b3-2+. The SMILES string of the molecule is C/C=C/CCNS(=O)(=O)c1nnc(N)s1. The van der Waals surface area contributed by atoms with Crippen LogP contribution in [-0.2, 0) is 10.0 Å². The molecule has 0 unspecified atom stereocenters. The van der Waals surface area contributed by atoms with Crippen molar-refractivity contribution in [2.24, 2.45) is 0 Å². The van der Waals surface area contributed by atoms with Crippen LogP contribution in [0.2, 0.25) is 0 Å². The molecule has 0 aliphatic rings. The third-order valence-electron chi connectivity index (χ3n) is 1.49. The molecule has 0 atom stereocenters. The lowest BCUT2D eigenvalue weighted by Crippen LogP contribution is -2.24. The molecule has 1 aromatic rings. The molecular weight excluding hydrogens is 236 g/mol. The molecule has 1 heterocycles. The quantitative estimate of drug-likeness (QED) is 0.579. The third-order valence-corrected chi connectivity index (χ3v) is 4.07. The number of rotatable bonds is 5.